The molecule has 4 heteroatoms. The van der Waals surface area contributed by atoms with Crippen LogP contribution in [0.15, 0.2) is 22.6 Å². The number of anilines is 2. The van der Waals surface area contributed by atoms with Crippen LogP contribution in [-0.4, -0.2) is 17.6 Å². The first kappa shape index (κ1) is 12.3. The minimum Gasteiger partial charge on any atom is -0.423 e. The van der Waals surface area contributed by atoms with Crippen molar-refractivity contribution in [2.24, 2.45) is 0 Å². The molecule has 4 nitrogen and oxygen atoms in total. The van der Waals surface area contributed by atoms with Crippen LogP contribution in [0.2, 0.25) is 0 Å². The van der Waals surface area contributed by atoms with Gasteiger partial charge in [-0.15, -0.1) is 0 Å². The summed E-state index contributed by atoms with van der Waals surface area (Å²) in [5.74, 6) is 0. The summed E-state index contributed by atoms with van der Waals surface area (Å²) in [6.45, 7) is 3.10. The van der Waals surface area contributed by atoms with Crippen LogP contribution in [-0.2, 0) is 0 Å². The predicted molar refractivity (Wildman–Crippen MR) is 78.3 cm³/mol. The highest BCUT2D eigenvalue weighted by Crippen LogP contribution is 2.29. The summed E-state index contributed by atoms with van der Waals surface area (Å²) < 4.78 is 5.89. The average Bonchev–Trinajstić information content (AvgIpc) is 2.83. The molecule has 0 amide bonds. The number of hydrogen-bond donors (Lipinski definition) is 1. The van der Waals surface area contributed by atoms with E-state index in [4.69, 9.17) is 10.2 Å². The molecule has 0 atom stereocenters. The van der Waals surface area contributed by atoms with Crippen molar-refractivity contribution in [3.8, 4) is 0 Å². The molecule has 0 unspecified atom stereocenters. The molecule has 102 valence electrons. The number of rotatable bonds is 3. The maximum Gasteiger partial charge on any atom is 0.298 e. The molecule has 0 spiro atoms. The van der Waals surface area contributed by atoms with Crippen molar-refractivity contribution in [1.82, 2.24) is 4.98 Å². The Bertz CT molecular complexity index is 558. The Morgan fingerprint density at radius 1 is 1.32 bits per heavy atom. The molecule has 0 saturated heterocycles. The molecule has 3 rings (SSSR count). The zero-order valence-electron chi connectivity index (χ0n) is 11.4. The molecule has 2 aromatic rings. The van der Waals surface area contributed by atoms with Crippen molar-refractivity contribution in [1.29, 1.82) is 0 Å². The molecule has 0 aliphatic heterocycles. The summed E-state index contributed by atoms with van der Waals surface area (Å²) in [6.07, 6.45) is 6.48. The Morgan fingerprint density at radius 2 is 2.11 bits per heavy atom. The van der Waals surface area contributed by atoms with Gasteiger partial charge in [-0.3, -0.25) is 0 Å². The second kappa shape index (κ2) is 5.11. The molecule has 1 fully saturated rings. The van der Waals surface area contributed by atoms with Gasteiger partial charge in [0.05, 0.1) is 0 Å². The van der Waals surface area contributed by atoms with Gasteiger partial charge in [-0.1, -0.05) is 19.3 Å². The summed E-state index contributed by atoms with van der Waals surface area (Å²) in [5, 5.41) is 0. The van der Waals surface area contributed by atoms with Gasteiger partial charge in [0.2, 0.25) is 0 Å². The normalized spacial score (nSPS) is 16.9. The Balaban J connectivity index is 1.91. The Morgan fingerprint density at radius 3 is 2.84 bits per heavy atom. The van der Waals surface area contributed by atoms with E-state index in [2.05, 4.69) is 16.8 Å². The molecule has 1 aliphatic carbocycles. The van der Waals surface area contributed by atoms with Gasteiger partial charge >= 0.3 is 0 Å². The van der Waals surface area contributed by atoms with E-state index in [1.165, 1.54) is 32.1 Å². The van der Waals surface area contributed by atoms with Gasteiger partial charge in [0.1, 0.15) is 5.52 Å². The average molecular weight is 259 g/mol. The Kier molecular flexibility index (Phi) is 3.32. The number of nitrogens with two attached hydrogens (primary N) is 1. The Hall–Kier alpha value is -1.71. The van der Waals surface area contributed by atoms with E-state index < -0.39 is 0 Å². The van der Waals surface area contributed by atoms with E-state index in [0.717, 1.165) is 29.3 Å². The SMILES string of the molecule is CCN(c1nc2cc(N)ccc2o1)C1CCCCC1. The second-order valence-electron chi connectivity index (χ2n) is 5.30. The summed E-state index contributed by atoms with van der Waals surface area (Å²) in [6, 6.07) is 6.94. The summed E-state index contributed by atoms with van der Waals surface area (Å²) in [7, 11) is 0. The van der Waals surface area contributed by atoms with Gasteiger partial charge in [0, 0.05) is 18.3 Å². The van der Waals surface area contributed by atoms with E-state index in [0.29, 0.717) is 6.04 Å². The van der Waals surface area contributed by atoms with Crippen molar-refractivity contribution in [3.63, 3.8) is 0 Å². The van der Waals surface area contributed by atoms with Crippen molar-refractivity contribution >= 4 is 22.8 Å². The second-order valence-corrected chi connectivity index (χ2v) is 5.30. The molecular formula is C15H21N3O. The fourth-order valence-corrected chi connectivity index (χ4v) is 3.00. The van der Waals surface area contributed by atoms with Gasteiger partial charge < -0.3 is 15.1 Å². The van der Waals surface area contributed by atoms with Crippen molar-refractivity contribution in [2.75, 3.05) is 17.2 Å². The van der Waals surface area contributed by atoms with Crippen LogP contribution < -0.4 is 10.6 Å². The van der Waals surface area contributed by atoms with E-state index in [9.17, 15) is 0 Å². The maximum atomic E-state index is 5.89. The predicted octanol–water partition coefficient (Wildman–Crippen LogP) is 3.57. The summed E-state index contributed by atoms with van der Waals surface area (Å²) in [5.41, 5.74) is 8.19. The lowest BCUT2D eigenvalue weighted by atomic mass is 9.94. The van der Waals surface area contributed by atoms with Gasteiger partial charge in [-0.25, -0.2) is 0 Å². The van der Waals surface area contributed by atoms with E-state index >= 15 is 0 Å². The lowest BCUT2D eigenvalue weighted by Gasteiger charge is -2.32. The third-order valence-electron chi connectivity index (χ3n) is 4.00. The van der Waals surface area contributed by atoms with Crippen LogP contribution >= 0.6 is 0 Å². The minimum atomic E-state index is 0.573. The van der Waals surface area contributed by atoms with Crippen molar-refractivity contribution < 1.29 is 4.42 Å². The van der Waals surface area contributed by atoms with Crippen LogP contribution in [0, 0.1) is 0 Å². The monoisotopic (exact) mass is 259 g/mol. The van der Waals surface area contributed by atoms with Crippen LogP contribution in [0.3, 0.4) is 0 Å². The number of nitrogen functional groups attached to an aromatic ring is 1. The molecule has 1 aliphatic rings. The van der Waals surface area contributed by atoms with Gasteiger partial charge in [0.25, 0.3) is 6.01 Å². The lowest BCUT2D eigenvalue weighted by Crippen LogP contribution is -2.36. The van der Waals surface area contributed by atoms with Gasteiger partial charge in [-0.2, -0.15) is 4.98 Å². The van der Waals surface area contributed by atoms with E-state index in [1.54, 1.807) is 0 Å². The molecule has 1 saturated carbocycles. The quantitative estimate of drug-likeness (QED) is 0.856. The number of nitrogens with zero attached hydrogens (tertiary/aromatic N) is 2. The summed E-state index contributed by atoms with van der Waals surface area (Å²) in [4.78, 5) is 6.90. The van der Waals surface area contributed by atoms with Crippen LogP contribution in [0.1, 0.15) is 39.0 Å². The molecule has 1 heterocycles. The molecule has 0 radical (unpaired) electrons. The number of fused-ring (bicyclic) bond motifs is 1. The third kappa shape index (κ3) is 2.39. The topological polar surface area (TPSA) is 55.3 Å². The lowest BCUT2D eigenvalue weighted by molar-refractivity contribution is 0.398. The fourth-order valence-electron chi connectivity index (χ4n) is 3.00. The molecule has 1 aromatic heterocycles. The molecule has 2 N–H and O–H groups in total. The first-order valence-corrected chi connectivity index (χ1v) is 7.20. The molecular weight excluding hydrogens is 238 g/mol. The number of aromatic nitrogens is 1. The van der Waals surface area contributed by atoms with E-state index in [-0.39, 0.29) is 0 Å². The third-order valence-corrected chi connectivity index (χ3v) is 4.00. The van der Waals surface area contributed by atoms with Crippen LogP contribution in [0.5, 0.6) is 0 Å². The molecule has 19 heavy (non-hydrogen) atoms. The number of hydrogen-bond acceptors (Lipinski definition) is 4. The molecule has 0 bridgehead atoms. The van der Waals surface area contributed by atoms with Gasteiger partial charge in [0.15, 0.2) is 5.58 Å². The van der Waals surface area contributed by atoms with Crippen molar-refractivity contribution in [2.45, 2.75) is 45.1 Å². The van der Waals surface area contributed by atoms with Crippen molar-refractivity contribution in [3.05, 3.63) is 18.2 Å². The van der Waals surface area contributed by atoms with Crippen LogP contribution in [0.25, 0.3) is 11.1 Å². The standard InChI is InChI=1S/C15H21N3O/c1-2-18(12-6-4-3-5-7-12)15-17-13-10-11(16)8-9-14(13)19-15/h8-10,12H,2-7,16H2,1H3. The highest BCUT2D eigenvalue weighted by atomic mass is 16.4. The number of oxazole rings is 1. The first-order valence-electron chi connectivity index (χ1n) is 7.20. The van der Waals surface area contributed by atoms with E-state index in [1.807, 2.05) is 18.2 Å². The first-order chi connectivity index (χ1) is 9.28. The highest BCUT2D eigenvalue weighted by Gasteiger charge is 2.23. The summed E-state index contributed by atoms with van der Waals surface area (Å²) >= 11 is 0. The zero-order valence-corrected chi connectivity index (χ0v) is 11.4. The fraction of sp³-hybridized carbons (Fsp3) is 0.533. The zero-order chi connectivity index (χ0) is 13.2. The smallest absolute Gasteiger partial charge is 0.298 e. The van der Waals surface area contributed by atoms with Crippen LogP contribution in [0.4, 0.5) is 11.7 Å². The highest BCUT2D eigenvalue weighted by molar-refractivity contribution is 5.78. The largest absolute Gasteiger partial charge is 0.423 e. The Labute approximate surface area is 113 Å². The van der Waals surface area contributed by atoms with Gasteiger partial charge in [-0.05, 0) is 38.0 Å². The minimum absolute atomic E-state index is 0.573. The number of benzene rings is 1. The maximum absolute atomic E-state index is 5.89. The molecule has 1 aromatic carbocycles.